The molecule has 1 heterocycles. The molecule has 0 aromatic rings. The Balaban J connectivity index is 2.49. The molecule has 0 bridgehead atoms. The minimum Gasteiger partial charge on any atom is -0.469 e. The average molecular weight is 98.1 g/mol. The highest BCUT2D eigenvalue weighted by Gasteiger charge is 1.85. The fourth-order valence-electron chi connectivity index (χ4n) is 0.306. The summed E-state index contributed by atoms with van der Waals surface area (Å²) in [6.07, 6.45) is 6.22. The van der Waals surface area contributed by atoms with Gasteiger partial charge in [-0.3, -0.25) is 5.01 Å². The highest BCUT2D eigenvalue weighted by molar-refractivity contribution is 4.87. The first-order valence-corrected chi connectivity index (χ1v) is 1.91. The lowest BCUT2D eigenvalue weighted by atomic mass is 10.8. The van der Waals surface area contributed by atoms with E-state index in [4.69, 9.17) is 5.84 Å². The second-order valence-electron chi connectivity index (χ2n) is 1.15. The smallest absolute Gasteiger partial charge is 0.108 e. The summed E-state index contributed by atoms with van der Waals surface area (Å²) in [5.74, 6) is 5.21. The summed E-state index contributed by atoms with van der Waals surface area (Å²) in [5.41, 5.74) is 0. The summed E-state index contributed by atoms with van der Waals surface area (Å²) >= 11 is 0. The number of rotatable bonds is 0. The Morgan fingerprint density at radius 2 is 1.86 bits per heavy atom. The zero-order valence-corrected chi connectivity index (χ0v) is 3.74. The van der Waals surface area contributed by atoms with Crippen molar-refractivity contribution in [2.24, 2.45) is 5.84 Å². The fourth-order valence-corrected chi connectivity index (χ4v) is 0.306. The van der Waals surface area contributed by atoms with E-state index in [1.54, 1.807) is 12.4 Å². The Labute approximate surface area is 41.6 Å². The van der Waals surface area contributed by atoms with Crippen molar-refractivity contribution in [1.29, 1.82) is 0 Å². The van der Waals surface area contributed by atoms with Gasteiger partial charge in [-0.25, -0.2) is 5.84 Å². The van der Waals surface area contributed by atoms with Gasteiger partial charge in [-0.15, -0.1) is 0 Å². The molecule has 0 fully saturated rings. The maximum Gasteiger partial charge on any atom is 0.108 e. The number of nitrogens with two attached hydrogens (primary N) is 1. The van der Waals surface area contributed by atoms with Gasteiger partial charge in [-0.2, -0.15) is 0 Å². The lowest BCUT2D eigenvalue weighted by Crippen LogP contribution is -2.18. The maximum absolute atomic E-state index is 5.21. The van der Waals surface area contributed by atoms with E-state index in [0.717, 1.165) is 0 Å². The fraction of sp³-hybridized carbons (Fsp3) is 0. The molecule has 0 aromatic carbocycles. The maximum atomic E-state index is 5.21. The first kappa shape index (κ1) is 4.21. The number of hydrogen-bond acceptors (Lipinski definition) is 3. The van der Waals surface area contributed by atoms with Crippen LogP contribution in [0.15, 0.2) is 24.9 Å². The molecular formula is C4H6N2O. The lowest BCUT2D eigenvalue weighted by Gasteiger charge is -2.08. The van der Waals surface area contributed by atoms with Crippen molar-refractivity contribution in [1.82, 2.24) is 5.01 Å². The van der Waals surface area contributed by atoms with Gasteiger partial charge in [0.05, 0.1) is 12.4 Å². The normalized spacial score (nSPS) is 17.0. The summed E-state index contributed by atoms with van der Waals surface area (Å²) in [6.45, 7) is 0. The minimum atomic E-state index is 1.41. The number of nitrogens with zero attached hydrogens (tertiary/aromatic N) is 1. The van der Waals surface area contributed by atoms with Crippen molar-refractivity contribution in [3.05, 3.63) is 24.9 Å². The lowest BCUT2D eigenvalue weighted by molar-refractivity contribution is 0.348. The van der Waals surface area contributed by atoms with E-state index >= 15 is 0 Å². The van der Waals surface area contributed by atoms with Crippen LogP contribution in [0.25, 0.3) is 0 Å². The van der Waals surface area contributed by atoms with Gasteiger partial charge in [0.15, 0.2) is 0 Å². The van der Waals surface area contributed by atoms with Crippen molar-refractivity contribution in [2.75, 3.05) is 0 Å². The Hall–Kier alpha value is -0.960. The van der Waals surface area contributed by atoms with Crippen LogP contribution in [0.3, 0.4) is 0 Å². The van der Waals surface area contributed by atoms with Crippen LogP contribution in [0.4, 0.5) is 0 Å². The third-order valence-corrected chi connectivity index (χ3v) is 0.623. The van der Waals surface area contributed by atoms with Gasteiger partial charge in [0.1, 0.15) is 12.5 Å². The standard InChI is InChI=1S/C4H6N2O/c5-6-1-3-7-4-2-6/h1-4H,5H2. The van der Waals surface area contributed by atoms with Crippen LogP contribution in [-0.4, -0.2) is 5.01 Å². The summed E-state index contributed by atoms with van der Waals surface area (Å²) in [4.78, 5) is 0. The van der Waals surface area contributed by atoms with Gasteiger partial charge in [-0.05, 0) is 0 Å². The van der Waals surface area contributed by atoms with Crippen molar-refractivity contribution in [2.45, 2.75) is 0 Å². The van der Waals surface area contributed by atoms with Gasteiger partial charge in [0, 0.05) is 0 Å². The predicted octanol–water partition coefficient (Wildman–Crippen LogP) is 0.135. The van der Waals surface area contributed by atoms with Gasteiger partial charge < -0.3 is 4.74 Å². The first-order valence-electron chi connectivity index (χ1n) is 1.91. The van der Waals surface area contributed by atoms with E-state index in [1.807, 2.05) is 0 Å². The molecule has 7 heavy (non-hydrogen) atoms. The van der Waals surface area contributed by atoms with Crippen LogP contribution in [0, 0.1) is 0 Å². The predicted molar refractivity (Wildman–Crippen MR) is 25.4 cm³/mol. The quantitative estimate of drug-likeness (QED) is 0.438. The number of hydrogen-bond donors (Lipinski definition) is 1. The molecular weight excluding hydrogens is 92.1 g/mol. The second kappa shape index (κ2) is 1.66. The molecule has 3 heteroatoms. The molecule has 0 unspecified atom stereocenters. The molecule has 0 aromatic heterocycles. The van der Waals surface area contributed by atoms with Crippen LogP contribution in [0.5, 0.6) is 0 Å². The SMILES string of the molecule is NN1C=COC=C1. The minimum absolute atomic E-state index is 1.41. The van der Waals surface area contributed by atoms with E-state index in [2.05, 4.69) is 4.74 Å². The van der Waals surface area contributed by atoms with E-state index in [1.165, 1.54) is 17.5 Å². The molecule has 0 atom stereocenters. The van der Waals surface area contributed by atoms with E-state index in [0.29, 0.717) is 0 Å². The largest absolute Gasteiger partial charge is 0.469 e. The number of ether oxygens (including phenoxy) is 1. The Kier molecular flexibility index (Phi) is 0.997. The molecule has 0 aliphatic carbocycles. The summed E-state index contributed by atoms with van der Waals surface area (Å²) in [5, 5.41) is 1.41. The van der Waals surface area contributed by atoms with Gasteiger partial charge in [0.25, 0.3) is 0 Å². The molecule has 38 valence electrons. The third-order valence-electron chi connectivity index (χ3n) is 0.623. The van der Waals surface area contributed by atoms with Gasteiger partial charge in [-0.1, -0.05) is 0 Å². The molecule has 0 amide bonds. The van der Waals surface area contributed by atoms with Crippen LogP contribution < -0.4 is 5.84 Å². The van der Waals surface area contributed by atoms with Crippen LogP contribution in [0.1, 0.15) is 0 Å². The topological polar surface area (TPSA) is 38.5 Å². The molecule has 0 radical (unpaired) electrons. The summed E-state index contributed by atoms with van der Waals surface area (Å²) in [6, 6.07) is 0. The Morgan fingerprint density at radius 1 is 1.29 bits per heavy atom. The Morgan fingerprint density at radius 3 is 2.14 bits per heavy atom. The third kappa shape index (κ3) is 0.940. The molecule has 1 aliphatic heterocycles. The van der Waals surface area contributed by atoms with Crippen LogP contribution >= 0.6 is 0 Å². The zero-order valence-electron chi connectivity index (χ0n) is 3.74. The average Bonchev–Trinajstić information content (AvgIpc) is 1.69. The zero-order chi connectivity index (χ0) is 5.11. The summed E-state index contributed by atoms with van der Waals surface area (Å²) in [7, 11) is 0. The molecule has 1 rings (SSSR count). The van der Waals surface area contributed by atoms with Gasteiger partial charge >= 0.3 is 0 Å². The molecule has 0 spiro atoms. The molecule has 2 N–H and O–H groups in total. The molecule has 3 nitrogen and oxygen atoms in total. The van der Waals surface area contributed by atoms with Crippen LogP contribution in [-0.2, 0) is 4.74 Å². The monoisotopic (exact) mass is 98.0 g/mol. The highest BCUT2D eigenvalue weighted by Crippen LogP contribution is 1.91. The molecule has 1 aliphatic rings. The first-order chi connectivity index (χ1) is 3.39. The van der Waals surface area contributed by atoms with Crippen molar-refractivity contribution >= 4 is 0 Å². The Bertz CT molecular complexity index is 96.3. The van der Waals surface area contributed by atoms with Crippen LogP contribution in [0.2, 0.25) is 0 Å². The van der Waals surface area contributed by atoms with Crippen molar-refractivity contribution in [3.8, 4) is 0 Å². The van der Waals surface area contributed by atoms with Crippen molar-refractivity contribution < 1.29 is 4.74 Å². The van der Waals surface area contributed by atoms with E-state index in [-0.39, 0.29) is 0 Å². The van der Waals surface area contributed by atoms with Crippen molar-refractivity contribution in [3.63, 3.8) is 0 Å². The van der Waals surface area contributed by atoms with E-state index < -0.39 is 0 Å². The summed E-state index contributed by atoms with van der Waals surface area (Å²) < 4.78 is 4.66. The molecule has 0 saturated carbocycles. The van der Waals surface area contributed by atoms with E-state index in [9.17, 15) is 0 Å². The molecule has 0 saturated heterocycles. The number of hydrazine groups is 1. The second-order valence-corrected chi connectivity index (χ2v) is 1.15. The van der Waals surface area contributed by atoms with Gasteiger partial charge in [0.2, 0.25) is 0 Å². The highest BCUT2D eigenvalue weighted by atomic mass is 16.5.